The number of benzene rings is 1. The molecule has 0 saturated carbocycles. The first-order valence-corrected chi connectivity index (χ1v) is 9.58. The minimum Gasteiger partial charge on any atom is -0.379 e. The molecule has 1 N–H and O–H groups in total. The van der Waals surface area contributed by atoms with E-state index in [-0.39, 0.29) is 6.04 Å². The van der Waals surface area contributed by atoms with Crippen LogP contribution < -0.4 is 5.32 Å². The number of hydrogen-bond donors (Lipinski definition) is 1. The zero-order valence-electron chi connectivity index (χ0n) is 15.3. The van der Waals surface area contributed by atoms with E-state index < -0.39 is 0 Å². The van der Waals surface area contributed by atoms with Crippen LogP contribution in [0.3, 0.4) is 0 Å². The molecule has 1 atom stereocenters. The van der Waals surface area contributed by atoms with Crippen molar-refractivity contribution in [3.05, 3.63) is 65.6 Å². The molecule has 3 aromatic rings. The minimum absolute atomic E-state index is 0.153. The summed E-state index contributed by atoms with van der Waals surface area (Å²) in [4.78, 5) is 11.3. The van der Waals surface area contributed by atoms with Gasteiger partial charge in [0.05, 0.1) is 31.1 Å². The van der Waals surface area contributed by atoms with Gasteiger partial charge in [0, 0.05) is 42.6 Å². The Morgan fingerprint density at radius 3 is 2.68 bits per heavy atom. The van der Waals surface area contributed by atoms with Crippen LogP contribution in [0.25, 0.3) is 11.3 Å². The van der Waals surface area contributed by atoms with E-state index in [2.05, 4.69) is 36.4 Å². The lowest BCUT2D eigenvalue weighted by Gasteiger charge is -2.34. The number of hydrogen-bond acceptors (Lipinski definition) is 7. The van der Waals surface area contributed by atoms with Crippen molar-refractivity contribution in [1.29, 1.82) is 0 Å². The van der Waals surface area contributed by atoms with E-state index in [1.807, 2.05) is 36.5 Å². The third-order valence-corrected chi connectivity index (χ3v) is 4.96. The summed E-state index contributed by atoms with van der Waals surface area (Å²) >= 11 is 5.97. The van der Waals surface area contributed by atoms with Gasteiger partial charge < -0.3 is 10.1 Å². The van der Waals surface area contributed by atoms with Gasteiger partial charge in [-0.1, -0.05) is 29.8 Å². The highest BCUT2D eigenvalue weighted by Crippen LogP contribution is 2.23. The number of nitrogens with zero attached hydrogens (tertiary/aromatic N) is 5. The van der Waals surface area contributed by atoms with Crippen molar-refractivity contribution in [1.82, 2.24) is 25.1 Å². The van der Waals surface area contributed by atoms with Crippen LogP contribution in [0.4, 0.5) is 5.95 Å². The fraction of sp³-hybridized carbons (Fsp3) is 0.300. The Bertz CT molecular complexity index is 887. The first-order valence-electron chi connectivity index (χ1n) is 9.21. The molecular formula is C20H21ClN6O. The van der Waals surface area contributed by atoms with E-state index in [9.17, 15) is 0 Å². The van der Waals surface area contributed by atoms with Crippen LogP contribution in [0.5, 0.6) is 0 Å². The Labute approximate surface area is 168 Å². The highest BCUT2D eigenvalue weighted by molar-refractivity contribution is 6.30. The molecular weight excluding hydrogens is 376 g/mol. The smallest absolute Gasteiger partial charge is 0.243 e. The Balaban J connectivity index is 1.50. The van der Waals surface area contributed by atoms with Crippen LogP contribution in [-0.4, -0.2) is 57.9 Å². The van der Waals surface area contributed by atoms with Gasteiger partial charge >= 0.3 is 0 Å². The SMILES string of the molecule is Clc1ccc(-c2cnnc(NCC(c3cccnc3)N3CCOCC3)n2)cc1. The second-order valence-electron chi connectivity index (χ2n) is 6.50. The standard InChI is InChI=1S/C20H21ClN6O/c21-17-5-3-15(4-6-17)18-13-24-26-20(25-18)23-14-19(16-2-1-7-22-12-16)27-8-10-28-11-9-27/h1-7,12-13,19H,8-11,14H2,(H,23,25,26). The van der Waals surface area contributed by atoms with Gasteiger partial charge in [-0.2, -0.15) is 5.10 Å². The van der Waals surface area contributed by atoms with Crippen LogP contribution in [0.1, 0.15) is 11.6 Å². The topological polar surface area (TPSA) is 76.1 Å². The zero-order valence-corrected chi connectivity index (χ0v) is 16.1. The maximum Gasteiger partial charge on any atom is 0.243 e. The van der Waals surface area contributed by atoms with Gasteiger partial charge in [-0.05, 0) is 23.8 Å². The number of ether oxygens (including phenoxy) is 1. The largest absolute Gasteiger partial charge is 0.379 e. The minimum atomic E-state index is 0.153. The molecule has 0 radical (unpaired) electrons. The van der Waals surface area contributed by atoms with Crippen molar-refractivity contribution in [2.75, 3.05) is 38.2 Å². The summed E-state index contributed by atoms with van der Waals surface area (Å²) in [5, 5.41) is 12.3. The van der Waals surface area contributed by atoms with E-state index in [0.29, 0.717) is 17.5 Å². The first kappa shape index (κ1) is 18.7. The van der Waals surface area contributed by atoms with E-state index in [4.69, 9.17) is 16.3 Å². The van der Waals surface area contributed by atoms with Gasteiger partial charge in [0.25, 0.3) is 0 Å². The lowest BCUT2D eigenvalue weighted by atomic mass is 10.1. The summed E-state index contributed by atoms with van der Waals surface area (Å²) in [5.41, 5.74) is 2.84. The monoisotopic (exact) mass is 396 g/mol. The fourth-order valence-corrected chi connectivity index (χ4v) is 3.37. The molecule has 1 aliphatic rings. The van der Waals surface area contributed by atoms with E-state index >= 15 is 0 Å². The maximum absolute atomic E-state index is 5.97. The fourth-order valence-electron chi connectivity index (χ4n) is 3.25. The predicted molar refractivity (Wildman–Crippen MR) is 108 cm³/mol. The molecule has 0 spiro atoms. The van der Waals surface area contributed by atoms with E-state index in [1.54, 1.807) is 12.4 Å². The summed E-state index contributed by atoms with van der Waals surface area (Å²) in [7, 11) is 0. The van der Waals surface area contributed by atoms with Crippen LogP contribution in [-0.2, 0) is 4.74 Å². The molecule has 144 valence electrons. The van der Waals surface area contributed by atoms with Gasteiger partial charge in [0.15, 0.2) is 0 Å². The highest BCUT2D eigenvalue weighted by atomic mass is 35.5. The number of aromatic nitrogens is 4. The second-order valence-corrected chi connectivity index (χ2v) is 6.94. The average Bonchev–Trinajstić information content (AvgIpc) is 2.76. The molecule has 0 aliphatic carbocycles. The molecule has 1 unspecified atom stereocenters. The number of halogens is 1. The van der Waals surface area contributed by atoms with Gasteiger partial charge in [-0.15, -0.1) is 5.10 Å². The van der Waals surface area contributed by atoms with Crippen molar-refractivity contribution in [3.63, 3.8) is 0 Å². The van der Waals surface area contributed by atoms with Gasteiger partial charge in [0.2, 0.25) is 5.95 Å². The molecule has 4 rings (SSSR count). The number of rotatable bonds is 6. The number of nitrogens with one attached hydrogen (secondary N) is 1. The number of anilines is 1. The van der Waals surface area contributed by atoms with E-state index in [1.165, 1.54) is 0 Å². The quantitative estimate of drug-likeness (QED) is 0.686. The molecule has 28 heavy (non-hydrogen) atoms. The molecule has 1 fully saturated rings. The highest BCUT2D eigenvalue weighted by Gasteiger charge is 2.23. The Kier molecular flexibility index (Phi) is 6.06. The van der Waals surface area contributed by atoms with Crippen molar-refractivity contribution < 1.29 is 4.74 Å². The molecule has 7 nitrogen and oxygen atoms in total. The number of pyridine rings is 1. The summed E-state index contributed by atoms with van der Waals surface area (Å²) in [6.07, 6.45) is 5.34. The van der Waals surface area contributed by atoms with Gasteiger partial charge in [-0.25, -0.2) is 4.98 Å². The molecule has 3 heterocycles. The van der Waals surface area contributed by atoms with Crippen LogP contribution >= 0.6 is 11.6 Å². The van der Waals surface area contributed by atoms with Crippen molar-refractivity contribution >= 4 is 17.5 Å². The number of morpholine rings is 1. The van der Waals surface area contributed by atoms with Crippen molar-refractivity contribution in [3.8, 4) is 11.3 Å². The Morgan fingerprint density at radius 1 is 1.11 bits per heavy atom. The first-order chi connectivity index (χ1) is 13.8. The summed E-state index contributed by atoms with van der Waals surface area (Å²) in [6.45, 7) is 3.88. The van der Waals surface area contributed by atoms with Gasteiger partial charge in [-0.3, -0.25) is 9.88 Å². The second kappa shape index (κ2) is 9.05. The molecule has 1 aromatic carbocycles. The third-order valence-electron chi connectivity index (χ3n) is 4.71. The predicted octanol–water partition coefficient (Wildman–Crippen LogP) is 3.07. The van der Waals surface area contributed by atoms with Crippen LogP contribution in [0, 0.1) is 0 Å². The summed E-state index contributed by atoms with van der Waals surface area (Å²) in [5.74, 6) is 0.495. The van der Waals surface area contributed by atoms with Crippen LogP contribution in [0.15, 0.2) is 55.0 Å². The molecule has 2 aromatic heterocycles. The molecule has 1 saturated heterocycles. The molecule has 1 aliphatic heterocycles. The Hall–Kier alpha value is -2.61. The zero-order chi connectivity index (χ0) is 19.2. The molecule has 0 bridgehead atoms. The van der Waals surface area contributed by atoms with Crippen molar-refractivity contribution in [2.24, 2.45) is 0 Å². The molecule has 8 heteroatoms. The third kappa shape index (κ3) is 4.62. The lowest BCUT2D eigenvalue weighted by Crippen LogP contribution is -2.41. The van der Waals surface area contributed by atoms with Gasteiger partial charge in [0.1, 0.15) is 0 Å². The maximum atomic E-state index is 5.97. The normalized spacial score (nSPS) is 15.9. The average molecular weight is 397 g/mol. The van der Waals surface area contributed by atoms with E-state index in [0.717, 1.165) is 43.1 Å². The van der Waals surface area contributed by atoms with Crippen LogP contribution in [0.2, 0.25) is 5.02 Å². The lowest BCUT2D eigenvalue weighted by molar-refractivity contribution is 0.0186. The summed E-state index contributed by atoms with van der Waals surface area (Å²) < 4.78 is 5.50. The summed E-state index contributed by atoms with van der Waals surface area (Å²) in [6, 6.07) is 11.7. The van der Waals surface area contributed by atoms with Crippen molar-refractivity contribution in [2.45, 2.75) is 6.04 Å². The molecule has 0 amide bonds. The Morgan fingerprint density at radius 2 is 1.93 bits per heavy atom.